The number of ether oxygens (including phenoxy) is 1. The summed E-state index contributed by atoms with van der Waals surface area (Å²) in [7, 11) is 1.80. The first kappa shape index (κ1) is 23.3. The third-order valence-electron chi connectivity index (χ3n) is 4.79. The van der Waals surface area contributed by atoms with Crippen LogP contribution in [0.5, 0.6) is 5.75 Å². The standard InChI is InChI=1S/C23H27N5O3S/c1-15-8-10-18(11-9-15)25-21(30)14-32-23-27-26-19(28(23)4)12-24-20(29)13-31-22-16(2)6-5-7-17(22)3/h5-11H,12-14H2,1-4H3,(H,24,29)(H,25,30). The van der Waals surface area contributed by atoms with E-state index in [4.69, 9.17) is 4.74 Å². The van der Waals surface area contributed by atoms with Crippen molar-refractivity contribution in [3.05, 3.63) is 65.0 Å². The number of para-hydroxylation sites is 1. The number of benzene rings is 2. The normalized spacial score (nSPS) is 10.6. The lowest BCUT2D eigenvalue weighted by Gasteiger charge is -2.12. The van der Waals surface area contributed by atoms with Gasteiger partial charge in [0.15, 0.2) is 17.6 Å². The van der Waals surface area contributed by atoms with E-state index >= 15 is 0 Å². The maximum absolute atomic E-state index is 12.2. The van der Waals surface area contributed by atoms with Crippen LogP contribution in [0.4, 0.5) is 5.69 Å². The van der Waals surface area contributed by atoms with Crippen molar-refractivity contribution >= 4 is 29.3 Å². The van der Waals surface area contributed by atoms with Crippen LogP contribution in [0.1, 0.15) is 22.5 Å². The molecule has 0 aliphatic rings. The number of carbonyl (C=O) groups excluding carboxylic acids is 2. The molecule has 0 spiro atoms. The minimum absolute atomic E-state index is 0.0790. The molecule has 32 heavy (non-hydrogen) atoms. The monoisotopic (exact) mass is 453 g/mol. The van der Waals surface area contributed by atoms with Crippen LogP contribution in [-0.4, -0.2) is 38.9 Å². The first-order valence-electron chi connectivity index (χ1n) is 10.2. The molecule has 0 atom stereocenters. The second-order valence-electron chi connectivity index (χ2n) is 7.45. The van der Waals surface area contributed by atoms with Gasteiger partial charge in [0.25, 0.3) is 5.91 Å². The Morgan fingerprint density at radius 2 is 1.69 bits per heavy atom. The number of hydrogen-bond acceptors (Lipinski definition) is 6. The molecular weight excluding hydrogens is 426 g/mol. The number of carbonyl (C=O) groups is 2. The Balaban J connectivity index is 1.45. The number of thioether (sulfide) groups is 1. The topological polar surface area (TPSA) is 98.1 Å². The second kappa shape index (κ2) is 10.8. The molecular formula is C23H27N5O3S. The van der Waals surface area contributed by atoms with Crippen LogP contribution in [0.3, 0.4) is 0 Å². The van der Waals surface area contributed by atoms with E-state index < -0.39 is 0 Å². The number of nitrogens with zero attached hydrogens (tertiary/aromatic N) is 3. The van der Waals surface area contributed by atoms with Gasteiger partial charge < -0.3 is 19.9 Å². The predicted octanol–water partition coefficient (Wildman–Crippen LogP) is 3.17. The molecule has 9 heteroatoms. The molecule has 0 saturated carbocycles. The molecule has 8 nitrogen and oxygen atoms in total. The van der Waals surface area contributed by atoms with Gasteiger partial charge in [0.1, 0.15) is 5.75 Å². The van der Waals surface area contributed by atoms with Crippen molar-refractivity contribution in [1.29, 1.82) is 0 Å². The summed E-state index contributed by atoms with van der Waals surface area (Å²) in [5.41, 5.74) is 3.86. The zero-order chi connectivity index (χ0) is 23.1. The number of hydrogen-bond donors (Lipinski definition) is 2. The zero-order valence-electron chi connectivity index (χ0n) is 18.6. The average molecular weight is 454 g/mol. The molecule has 3 aromatic rings. The Morgan fingerprint density at radius 3 is 2.38 bits per heavy atom. The van der Waals surface area contributed by atoms with Crippen molar-refractivity contribution in [1.82, 2.24) is 20.1 Å². The first-order chi connectivity index (χ1) is 15.3. The maximum Gasteiger partial charge on any atom is 0.258 e. The van der Waals surface area contributed by atoms with Gasteiger partial charge in [-0.25, -0.2) is 0 Å². The Morgan fingerprint density at radius 1 is 1.00 bits per heavy atom. The highest BCUT2D eigenvalue weighted by atomic mass is 32.2. The van der Waals surface area contributed by atoms with E-state index in [1.165, 1.54) is 11.8 Å². The summed E-state index contributed by atoms with van der Waals surface area (Å²) >= 11 is 1.28. The van der Waals surface area contributed by atoms with Crippen LogP contribution in [0, 0.1) is 20.8 Å². The molecule has 0 radical (unpaired) electrons. The van der Waals surface area contributed by atoms with Crippen molar-refractivity contribution in [3.8, 4) is 5.75 Å². The Labute approximate surface area is 191 Å². The predicted molar refractivity (Wildman–Crippen MR) is 125 cm³/mol. The van der Waals surface area contributed by atoms with Crippen molar-refractivity contribution < 1.29 is 14.3 Å². The summed E-state index contributed by atoms with van der Waals surface area (Å²) in [5.74, 6) is 1.15. The molecule has 0 unspecified atom stereocenters. The summed E-state index contributed by atoms with van der Waals surface area (Å²) in [6, 6.07) is 13.5. The van der Waals surface area contributed by atoms with Crippen molar-refractivity contribution in [3.63, 3.8) is 0 Å². The van der Waals surface area contributed by atoms with Crippen LogP contribution < -0.4 is 15.4 Å². The van der Waals surface area contributed by atoms with E-state index in [0.717, 1.165) is 28.1 Å². The molecule has 0 aliphatic heterocycles. The van der Waals surface area contributed by atoms with Gasteiger partial charge in [-0.15, -0.1) is 10.2 Å². The maximum atomic E-state index is 12.2. The third kappa shape index (κ3) is 6.34. The smallest absolute Gasteiger partial charge is 0.258 e. The zero-order valence-corrected chi connectivity index (χ0v) is 19.5. The molecule has 0 bridgehead atoms. The van der Waals surface area contributed by atoms with Gasteiger partial charge in [-0.1, -0.05) is 47.7 Å². The Bertz CT molecular complexity index is 1080. The summed E-state index contributed by atoms with van der Waals surface area (Å²) in [6.07, 6.45) is 0. The van der Waals surface area contributed by atoms with Crippen molar-refractivity contribution in [2.45, 2.75) is 32.5 Å². The highest BCUT2D eigenvalue weighted by molar-refractivity contribution is 7.99. The highest BCUT2D eigenvalue weighted by Crippen LogP contribution is 2.22. The fourth-order valence-electron chi connectivity index (χ4n) is 2.98. The summed E-state index contributed by atoms with van der Waals surface area (Å²) in [6.45, 7) is 6.02. The Hall–Kier alpha value is -3.33. The molecule has 0 fully saturated rings. The van der Waals surface area contributed by atoms with E-state index in [0.29, 0.717) is 11.0 Å². The van der Waals surface area contributed by atoms with Gasteiger partial charge >= 0.3 is 0 Å². The molecule has 0 saturated heterocycles. The lowest BCUT2D eigenvalue weighted by atomic mass is 10.1. The minimum Gasteiger partial charge on any atom is -0.483 e. The van der Waals surface area contributed by atoms with E-state index in [2.05, 4.69) is 20.8 Å². The lowest BCUT2D eigenvalue weighted by molar-refractivity contribution is -0.123. The molecule has 3 rings (SSSR count). The van der Waals surface area contributed by atoms with Gasteiger partial charge in [0.2, 0.25) is 5.91 Å². The van der Waals surface area contributed by atoms with Crippen LogP contribution >= 0.6 is 11.8 Å². The van der Waals surface area contributed by atoms with E-state index in [1.807, 2.05) is 63.2 Å². The molecule has 2 aromatic carbocycles. The summed E-state index contributed by atoms with van der Waals surface area (Å²) in [5, 5.41) is 14.5. The SMILES string of the molecule is Cc1ccc(NC(=O)CSc2nnc(CNC(=O)COc3c(C)cccc3C)n2C)cc1. The van der Waals surface area contributed by atoms with Crippen LogP contribution in [0.15, 0.2) is 47.6 Å². The van der Waals surface area contributed by atoms with Gasteiger partial charge in [-0.05, 0) is 44.0 Å². The van der Waals surface area contributed by atoms with E-state index in [9.17, 15) is 9.59 Å². The molecule has 168 valence electrons. The second-order valence-corrected chi connectivity index (χ2v) is 8.39. The Kier molecular flexibility index (Phi) is 7.88. The minimum atomic E-state index is -0.248. The number of nitrogens with one attached hydrogen (secondary N) is 2. The van der Waals surface area contributed by atoms with Crippen LogP contribution in [0.25, 0.3) is 0 Å². The van der Waals surface area contributed by atoms with E-state index in [1.54, 1.807) is 11.6 Å². The number of aromatic nitrogens is 3. The van der Waals surface area contributed by atoms with Gasteiger partial charge in [-0.2, -0.15) is 0 Å². The summed E-state index contributed by atoms with van der Waals surface area (Å²) < 4.78 is 7.43. The number of rotatable bonds is 9. The summed E-state index contributed by atoms with van der Waals surface area (Å²) in [4.78, 5) is 24.4. The van der Waals surface area contributed by atoms with Gasteiger partial charge in [0, 0.05) is 12.7 Å². The largest absolute Gasteiger partial charge is 0.483 e. The number of amides is 2. The van der Waals surface area contributed by atoms with Gasteiger partial charge in [-0.3, -0.25) is 9.59 Å². The molecule has 0 aliphatic carbocycles. The number of anilines is 1. The fraction of sp³-hybridized carbons (Fsp3) is 0.304. The van der Waals surface area contributed by atoms with Crippen LogP contribution in [-0.2, 0) is 23.2 Å². The van der Waals surface area contributed by atoms with Gasteiger partial charge in [0.05, 0.1) is 12.3 Å². The lowest BCUT2D eigenvalue weighted by Crippen LogP contribution is -2.29. The first-order valence-corrected chi connectivity index (χ1v) is 11.2. The molecule has 1 aromatic heterocycles. The third-order valence-corrected chi connectivity index (χ3v) is 5.81. The van der Waals surface area contributed by atoms with Crippen molar-refractivity contribution in [2.24, 2.45) is 7.05 Å². The molecule has 2 amide bonds. The highest BCUT2D eigenvalue weighted by Gasteiger charge is 2.13. The number of aryl methyl sites for hydroxylation is 3. The molecule has 1 heterocycles. The average Bonchev–Trinajstić information content (AvgIpc) is 3.11. The van der Waals surface area contributed by atoms with Crippen molar-refractivity contribution in [2.75, 3.05) is 17.7 Å². The van der Waals surface area contributed by atoms with E-state index in [-0.39, 0.29) is 30.7 Å². The quantitative estimate of drug-likeness (QED) is 0.483. The van der Waals surface area contributed by atoms with Crippen LogP contribution in [0.2, 0.25) is 0 Å². The molecule has 2 N–H and O–H groups in total. The fourth-order valence-corrected chi connectivity index (χ4v) is 3.71.